The summed E-state index contributed by atoms with van der Waals surface area (Å²) in [6.45, 7) is 1.36. The molecule has 2 aromatic heterocycles. The number of carbonyl (C=O) groups is 1. The number of ether oxygens (including phenoxy) is 2. The highest BCUT2D eigenvalue weighted by Gasteiger charge is 2.24. The summed E-state index contributed by atoms with van der Waals surface area (Å²) in [5.74, 6) is 1.46. The Bertz CT molecular complexity index is 1590. The number of aromatic nitrogens is 3. The van der Waals surface area contributed by atoms with E-state index in [0.717, 1.165) is 50.0 Å². The maximum Gasteiger partial charge on any atom is 0.248 e. The van der Waals surface area contributed by atoms with Crippen LogP contribution in [0.25, 0.3) is 10.9 Å². The fraction of sp³-hybridized carbons (Fsp3) is 0.312. The number of nitrogens with zero attached hydrogens (tertiary/aromatic N) is 4. The average molecular weight is 585 g/mol. The smallest absolute Gasteiger partial charge is 0.248 e. The molecule has 0 unspecified atom stereocenters. The summed E-state index contributed by atoms with van der Waals surface area (Å²) in [5.41, 5.74) is 2.81. The van der Waals surface area contributed by atoms with E-state index in [1.807, 2.05) is 48.5 Å². The number of likely N-dealkylation sites (N-methyl/N-ethyl adjacent to an activating group) is 1. The van der Waals surface area contributed by atoms with Crippen molar-refractivity contribution in [1.82, 2.24) is 19.9 Å². The van der Waals surface area contributed by atoms with Crippen LogP contribution in [0, 0.1) is 0 Å². The van der Waals surface area contributed by atoms with E-state index in [0.29, 0.717) is 45.5 Å². The summed E-state index contributed by atoms with van der Waals surface area (Å²) in [7, 11) is 2.08. The molecule has 1 aliphatic heterocycles. The van der Waals surface area contributed by atoms with Gasteiger partial charge < -0.3 is 20.1 Å². The molecular weight excluding hydrogens is 552 g/mol. The number of hydrogen-bond donors (Lipinski definition) is 2. The minimum absolute atomic E-state index is 0.0759. The van der Waals surface area contributed by atoms with Gasteiger partial charge in [-0.3, -0.25) is 14.7 Å². The Kier molecular flexibility index (Phi) is 8.48. The molecule has 216 valence electrons. The molecule has 1 amide bonds. The van der Waals surface area contributed by atoms with Crippen LogP contribution in [-0.4, -0.2) is 51.5 Å². The van der Waals surface area contributed by atoms with Crippen molar-refractivity contribution in [3.05, 3.63) is 83.9 Å². The van der Waals surface area contributed by atoms with Gasteiger partial charge in [0.1, 0.15) is 24.5 Å². The third-order valence-corrected chi connectivity index (χ3v) is 7.99. The lowest BCUT2D eigenvalue weighted by molar-refractivity contribution is -0.112. The van der Waals surface area contributed by atoms with E-state index in [1.165, 1.54) is 6.33 Å². The SMILES string of the molecule is CN1CCC[C@@H]1/C=C/C(=O)Nc1ccc2ncnc(Nc3ccc(OCc4ccccn4)c(Cl)c3)c2c1OC1CCC1. The molecule has 6 rings (SSSR count). The second-order valence-corrected chi connectivity index (χ2v) is 11.1. The highest BCUT2D eigenvalue weighted by atomic mass is 35.5. The van der Waals surface area contributed by atoms with Gasteiger partial charge in [-0.05, 0) is 88.2 Å². The van der Waals surface area contributed by atoms with Crippen molar-refractivity contribution in [3.8, 4) is 11.5 Å². The Balaban J connectivity index is 1.26. The Morgan fingerprint density at radius 2 is 2.00 bits per heavy atom. The molecule has 2 aromatic carbocycles. The lowest BCUT2D eigenvalue weighted by atomic mass is 9.96. The number of rotatable bonds is 10. The Labute approximate surface area is 249 Å². The largest absolute Gasteiger partial charge is 0.487 e. The van der Waals surface area contributed by atoms with Crippen LogP contribution in [-0.2, 0) is 11.4 Å². The lowest BCUT2D eigenvalue weighted by Gasteiger charge is -2.28. The molecule has 2 fully saturated rings. The van der Waals surface area contributed by atoms with Crippen molar-refractivity contribution in [3.63, 3.8) is 0 Å². The van der Waals surface area contributed by atoms with Gasteiger partial charge >= 0.3 is 0 Å². The van der Waals surface area contributed by atoms with E-state index in [4.69, 9.17) is 21.1 Å². The molecule has 42 heavy (non-hydrogen) atoms. The number of fused-ring (bicyclic) bond motifs is 1. The van der Waals surface area contributed by atoms with Crippen molar-refractivity contribution >= 4 is 45.6 Å². The summed E-state index contributed by atoms with van der Waals surface area (Å²) in [6.07, 6.45) is 12.1. The van der Waals surface area contributed by atoms with Crippen molar-refractivity contribution in [2.45, 2.75) is 50.9 Å². The number of anilines is 3. The molecule has 1 saturated carbocycles. The number of carbonyl (C=O) groups excluding carboxylic acids is 1. The standard InChI is InChI=1S/C32H33ClN6O3/c1-39-17-5-7-23(39)11-15-29(40)38-27-13-12-26-30(31(27)42-24-8-4-9-24)32(36-20-35-26)37-21-10-14-28(25(33)18-21)41-19-22-6-2-3-16-34-22/h2-3,6,10-16,18,20,23-24H,4-5,7-9,17,19H2,1H3,(H,38,40)(H,35,36,37)/b15-11+/t23-/m1/s1. The van der Waals surface area contributed by atoms with E-state index < -0.39 is 0 Å². The van der Waals surface area contributed by atoms with Crippen LogP contribution in [0.15, 0.2) is 73.2 Å². The molecule has 2 aliphatic rings. The number of nitrogens with one attached hydrogen (secondary N) is 2. The van der Waals surface area contributed by atoms with Gasteiger partial charge in [-0.1, -0.05) is 23.7 Å². The Morgan fingerprint density at radius 1 is 1.10 bits per heavy atom. The third-order valence-electron chi connectivity index (χ3n) is 7.69. The van der Waals surface area contributed by atoms with Crippen molar-refractivity contribution in [1.29, 1.82) is 0 Å². The predicted octanol–water partition coefficient (Wildman–Crippen LogP) is 6.52. The van der Waals surface area contributed by atoms with Crippen LogP contribution in [0.5, 0.6) is 11.5 Å². The van der Waals surface area contributed by atoms with Crippen LogP contribution < -0.4 is 20.1 Å². The lowest BCUT2D eigenvalue weighted by Crippen LogP contribution is -2.25. The summed E-state index contributed by atoms with van der Waals surface area (Å²) in [4.78, 5) is 28.5. The molecular formula is C32H33ClN6O3. The molecule has 2 N–H and O–H groups in total. The van der Waals surface area contributed by atoms with Crippen LogP contribution in [0.4, 0.5) is 17.2 Å². The Morgan fingerprint density at radius 3 is 2.74 bits per heavy atom. The van der Waals surface area contributed by atoms with Crippen LogP contribution in [0.2, 0.25) is 5.02 Å². The zero-order chi connectivity index (χ0) is 28.9. The van der Waals surface area contributed by atoms with Gasteiger partial charge in [-0.2, -0.15) is 0 Å². The molecule has 0 spiro atoms. The second-order valence-electron chi connectivity index (χ2n) is 10.6. The number of pyridine rings is 1. The van der Waals surface area contributed by atoms with Gasteiger partial charge in [0.2, 0.25) is 5.91 Å². The number of hydrogen-bond acceptors (Lipinski definition) is 8. The number of benzene rings is 2. The zero-order valence-electron chi connectivity index (χ0n) is 23.4. The first-order chi connectivity index (χ1) is 20.5. The first-order valence-electron chi connectivity index (χ1n) is 14.3. The number of halogens is 1. The van der Waals surface area contributed by atoms with Gasteiger partial charge in [0.15, 0.2) is 5.75 Å². The number of amides is 1. The third kappa shape index (κ3) is 6.48. The van der Waals surface area contributed by atoms with E-state index in [-0.39, 0.29) is 18.1 Å². The zero-order valence-corrected chi connectivity index (χ0v) is 24.2. The van der Waals surface area contributed by atoms with E-state index in [1.54, 1.807) is 18.3 Å². The normalized spacial score (nSPS) is 17.3. The second kappa shape index (κ2) is 12.8. The minimum Gasteiger partial charge on any atom is -0.487 e. The van der Waals surface area contributed by atoms with Gasteiger partial charge in [0.05, 0.1) is 33.4 Å². The fourth-order valence-corrected chi connectivity index (χ4v) is 5.35. The van der Waals surface area contributed by atoms with Gasteiger partial charge in [-0.25, -0.2) is 9.97 Å². The topological polar surface area (TPSA) is 102 Å². The Hall–Kier alpha value is -4.21. The molecule has 1 aliphatic carbocycles. The van der Waals surface area contributed by atoms with E-state index in [2.05, 4.69) is 37.5 Å². The van der Waals surface area contributed by atoms with Gasteiger partial charge in [0, 0.05) is 24.0 Å². The highest BCUT2D eigenvalue weighted by Crippen LogP contribution is 2.41. The molecule has 9 nitrogen and oxygen atoms in total. The quantitative estimate of drug-likeness (QED) is 0.203. The maximum absolute atomic E-state index is 13.0. The summed E-state index contributed by atoms with van der Waals surface area (Å²) >= 11 is 6.58. The minimum atomic E-state index is -0.201. The molecule has 0 radical (unpaired) electrons. The van der Waals surface area contributed by atoms with E-state index >= 15 is 0 Å². The monoisotopic (exact) mass is 584 g/mol. The van der Waals surface area contributed by atoms with Crippen molar-refractivity contribution in [2.75, 3.05) is 24.2 Å². The summed E-state index contributed by atoms with van der Waals surface area (Å²) in [6, 6.07) is 15.1. The maximum atomic E-state index is 13.0. The summed E-state index contributed by atoms with van der Waals surface area (Å²) in [5, 5.41) is 7.55. The average Bonchev–Trinajstić information content (AvgIpc) is 3.39. The molecule has 3 heterocycles. The van der Waals surface area contributed by atoms with Crippen LogP contribution >= 0.6 is 11.6 Å². The molecule has 1 saturated heterocycles. The summed E-state index contributed by atoms with van der Waals surface area (Å²) < 4.78 is 12.3. The highest BCUT2D eigenvalue weighted by molar-refractivity contribution is 6.32. The van der Waals surface area contributed by atoms with Crippen molar-refractivity contribution < 1.29 is 14.3 Å². The molecule has 10 heteroatoms. The van der Waals surface area contributed by atoms with Crippen molar-refractivity contribution in [2.24, 2.45) is 0 Å². The van der Waals surface area contributed by atoms with Gasteiger partial charge in [0.25, 0.3) is 0 Å². The number of likely N-dealkylation sites (tertiary alicyclic amines) is 1. The first-order valence-corrected chi connectivity index (χ1v) is 14.6. The fourth-order valence-electron chi connectivity index (χ4n) is 5.11. The van der Waals surface area contributed by atoms with Gasteiger partial charge in [-0.15, -0.1) is 0 Å². The molecule has 0 bridgehead atoms. The van der Waals surface area contributed by atoms with Crippen LogP contribution in [0.1, 0.15) is 37.8 Å². The predicted molar refractivity (Wildman–Crippen MR) is 165 cm³/mol. The molecule has 1 atom stereocenters. The first kappa shape index (κ1) is 27.9. The molecule has 4 aromatic rings. The van der Waals surface area contributed by atoms with Crippen LogP contribution in [0.3, 0.4) is 0 Å². The van der Waals surface area contributed by atoms with E-state index in [9.17, 15) is 4.79 Å².